The van der Waals surface area contributed by atoms with Crippen molar-refractivity contribution in [1.82, 2.24) is 14.8 Å². The normalized spacial score (nSPS) is 21.5. The first-order valence-electron chi connectivity index (χ1n) is 8.31. The van der Waals surface area contributed by atoms with E-state index in [0.717, 1.165) is 45.6 Å². The van der Waals surface area contributed by atoms with Crippen molar-refractivity contribution < 1.29 is 17.6 Å². The fourth-order valence-electron chi connectivity index (χ4n) is 3.49. The third-order valence-corrected chi connectivity index (χ3v) is 5.02. The van der Waals surface area contributed by atoms with Gasteiger partial charge in [-0.15, -0.1) is 0 Å². The average Bonchev–Trinajstić information content (AvgIpc) is 2.57. The standard InChI is InChI=1S/C16H22F4N4/c1-22-6-8-23(9-7-22)10-11-2-4-24(5-3-11)14-12(17)15(19)21-16(20)13(14)18/h11H,2-10H2,1H3. The molecule has 0 saturated carbocycles. The van der Waals surface area contributed by atoms with Gasteiger partial charge in [-0.25, -0.2) is 0 Å². The summed E-state index contributed by atoms with van der Waals surface area (Å²) in [5, 5.41) is 0. The van der Waals surface area contributed by atoms with Crippen LogP contribution in [0.25, 0.3) is 0 Å². The van der Waals surface area contributed by atoms with E-state index in [1.165, 1.54) is 4.90 Å². The molecule has 3 heterocycles. The maximum atomic E-state index is 13.8. The van der Waals surface area contributed by atoms with E-state index in [1.54, 1.807) is 0 Å². The number of halogens is 4. The summed E-state index contributed by atoms with van der Waals surface area (Å²) in [6, 6.07) is 0. The summed E-state index contributed by atoms with van der Waals surface area (Å²) in [5.41, 5.74) is -0.627. The molecule has 0 spiro atoms. The Labute approximate surface area is 139 Å². The number of nitrogens with zero attached hydrogens (tertiary/aromatic N) is 4. The molecule has 2 saturated heterocycles. The maximum absolute atomic E-state index is 13.8. The molecule has 8 heteroatoms. The van der Waals surface area contributed by atoms with E-state index in [2.05, 4.69) is 21.8 Å². The highest BCUT2D eigenvalue weighted by atomic mass is 19.2. The quantitative estimate of drug-likeness (QED) is 0.618. The lowest BCUT2D eigenvalue weighted by Crippen LogP contribution is -2.47. The minimum atomic E-state index is -1.59. The predicted molar refractivity (Wildman–Crippen MR) is 82.9 cm³/mol. The Morgan fingerprint density at radius 1 is 0.875 bits per heavy atom. The fraction of sp³-hybridized carbons (Fsp3) is 0.688. The van der Waals surface area contributed by atoms with E-state index in [-0.39, 0.29) is 0 Å². The van der Waals surface area contributed by atoms with Gasteiger partial charge >= 0.3 is 0 Å². The van der Waals surface area contributed by atoms with Crippen LogP contribution in [0.5, 0.6) is 0 Å². The molecular formula is C16H22F4N4. The lowest BCUT2D eigenvalue weighted by Gasteiger charge is -2.38. The molecule has 3 rings (SSSR count). The first kappa shape index (κ1) is 17.4. The smallest absolute Gasteiger partial charge is 0.253 e. The molecule has 1 aromatic rings. The molecule has 2 aliphatic rings. The van der Waals surface area contributed by atoms with Crippen molar-refractivity contribution in [3.05, 3.63) is 23.5 Å². The van der Waals surface area contributed by atoms with Crippen LogP contribution in [0.3, 0.4) is 0 Å². The van der Waals surface area contributed by atoms with Crippen molar-refractivity contribution in [1.29, 1.82) is 0 Å². The highest BCUT2D eigenvalue weighted by molar-refractivity contribution is 5.48. The first-order chi connectivity index (χ1) is 11.5. The highest BCUT2D eigenvalue weighted by Crippen LogP contribution is 2.30. The van der Waals surface area contributed by atoms with Crippen molar-refractivity contribution in [3.63, 3.8) is 0 Å². The molecule has 2 aliphatic heterocycles. The summed E-state index contributed by atoms with van der Waals surface area (Å²) in [7, 11) is 2.10. The van der Waals surface area contributed by atoms with Gasteiger partial charge in [-0.1, -0.05) is 0 Å². The van der Waals surface area contributed by atoms with Gasteiger partial charge in [-0.2, -0.15) is 22.5 Å². The summed E-state index contributed by atoms with van der Waals surface area (Å²) in [6.07, 6.45) is 1.49. The van der Waals surface area contributed by atoms with Crippen molar-refractivity contribution in [3.8, 4) is 0 Å². The van der Waals surface area contributed by atoms with E-state index in [0.29, 0.717) is 19.0 Å². The van der Waals surface area contributed by atoms with Crippen LogP contribution >= 0.6 is 0 Å². The second kappa shape index (κ2) is 7.23. The molecule has 1 aromatic heterocycles. The van der Waals surface area contributed by atoms with Gasteiger partial charge in [0.25, 0.3) is 11.9 Å². The first-order valence-corrected chi connectivity index (χ1v) is 8.31. The average molecular weight is 346 g/mol. The van der Waals surface area contributed by atoms with Crippen molar-refractivity contribution in [2.75, 3.05) is 57.8 Å². The minimum absolute atomic E-state index is 0.384. The van der Waals surface area contributed by atoms with Gasteiger partial charge in [0.2, 0.25) is 11.6 Å². The van der Waals surface area contributed by atoms with Gasteiger partial charge in [0, 0.05) is 45.8 Å². The zero-order chi connectivity index (χ0) is 17.3. The largest absolute Gasteiger partial charge is 0.366 e. The molecule has 4 nitrogen and oxygen atoms in total. The van der Waals surface area contributed by atoms with Gasteiger partial charge in [-0.05, 0) is 25.8 Å². The summed E-state index contributed by atoms with van der Waals surface area (Å²) < 4.78 is 54.2. The highest BCUT2D eigenvalue weighted by Gasteiger charge is 2.29. The summed E-state index contributed by atoms with van der Waals surface area (Å²) >= 11 is 0. The van der Waals surface area contributed by atoms with Gasteiger partial charge in [-0.3, -0.25) is 0 Å². The fourth-order valence-corrected chi connectivity index (χ4v) is 3.49. The Bertz CT molecular complexity index is 556. The zero-order valence-corrected chi connectivity index (χ0v) is 13.7. The van der Waals surface area contributed by atoms with Crippen LogP contribution in [0.1, 0.15) is 12.8 Å². The molecule has 0 aliphatic carbocycles. The van der Waals surface area contributed by atoms with Crippen LogP contribution in [0, 0.1) is 29.4 Å². The van der Waals surface area contributed by atoms with E-state index >= 15 is 0 Å². The lowest BCUT2D eigenvalue weighted by molar-refractivity contribution is 0.129. The summed E-state index contributed by atoms with van der Waals surface area (Å²) in [6.45, 7) is 5.88. The Hall–Kier alpha value is -1.41. The number of rotatable bonds is 3. The van der Waals surface area contributed by atoms with Gasteiger partial charge < -0.3 is 14.7 Å². The molecule has 24 heavy (non-hydrogen) atoms. The molecule has 2 fully saturated rings. The number of anilines is 1. The monoisotopic (exact) mass is 346 g/mol. The van der Waals surface area contributed by atoms with Gasteiger partial charge in [0.15, 0.2) is 0 Å². The van der Waals surface area contributed by atoms with Crippen LogP contribution in [0.4, 0.5) is 23.2 Å². The molecule has 0 amide bonds. The molecule has 0 aromatic carbocycles. The summed E-state index contributed by atoms with van der Waals surface area (Å²) in [5.74, 6) is -5.57. The lowest BCUT2D eigenvalue weighted by atomic mass is 9.95. The van der Waals surface area contributed by atoms with E-state index in [4.69, 9.17) is 0 Å². The predicted octanol–water partition coefficient (Wildman–Crippen LogP) is 2.10. The van der Waals surface area contributed by atoms with Crippen molar-refractivity contribution in [2.24, 2.45) is 5.92 Å². The zero-order valence-electron chi connectivity index (χ0n) is 13.7. The number of piperidine rings is 1. The van der Waals surface area contributed by atoms with Gasteiger partial charge in [0.05, 0.1) is 0 Å². The second-order valence-corrected chi connectivity index (χ2v) is 6.70. The minimum Gasteiger partial charge on any atom is -0.366 e. The van der Waals surface area contributed by atoms with Crippen LogP contribution in [0.2, 0.25) is 0 Å². The Morgan fingerprint density at radius 3 is 1.96 bits per heavy atom. The number of piperazine rings is 1. The molecule has 134 valence electrons. The Balaban J connectivity index is 1.60. The third-order valence-electron chi connectivity index (χ3n) is 5.02. The number of pyridine rings is 1. The third kappa shape index (κ3) is 3.64. The van der Waals surface area contributed by atoms with E-state index in [1.807, 2.05) is 0 Å². The number of aromatic nitrogens is 1. The second-order valence-electron chi connectivity index (χ2n) is 6.70. The van der Waals surface area contributed by atoms with Crippen LogP contribution < -0.4 is 4.90 Å². The molecule has 0 radical (unpaired) electrons. The topological polar surface area (TPSA) is 22.6 Å². The number of likely N-dealkylation sites (N-methyl/N-ethyl adjacent to an activating group) is 1. The molecule has 0 N–H and O–H groups in total. The van der Waals surface area contributed by atoms with Crippen LogP contribution in [-0.4, -0.2) is 67.6 Å². The molecular weight excluding hydrogens is 324 g/mol. The number of hydrogen-bond acceptors (Lipinski definition) is 4. The Morgan fingerprint density at radius 2 is 1.42 bits per heavy atom. The van der Waals surface area contributed by atoms with Crippen molar-refractivity contribution >= 4 is 5.69 Å². The number of hydrogen-bond donors (Lipinski definition) is 0. The van der Waals surface area contributed by atoms with Crippen molar-refractivity contribution in [2.45, 2.75) is 12.8 Å². The SMILES string of the molecule is CN1CCN(CC2CCN(c3c(F)c(F)nc(F)c3F)CC2)CC1. The van der Waals surface area contributed by atoms with Gasteiger partial charge in [0.1, 0.15) is 5.69 Å². The molecule has 0 atom stereocenters. The molecule has 0 bridgehead atoms. The molecule has 0 unspecified atom stereocenters. The van der Waals surface area contributed by atoms with E-state index in [9.17, 15) is 17.6 Å². The van der Waals surface area contributed by atoms with Crippen LogP contribution in [0.15, 0.2) is 0 Å². The Kier molecular flexibility index (Phi) is 5.24. The summed E-state index contributed by atoms with van der Waals surface area (Å²) in [4.78, 5) is 8.69. The van der Waals surface area contributed by atoms with E-state index < -0.39 is 29.2 Å². The van der Waals surface area contributed by atoms with Crippen LogP contribution in [-0.2, 0) is 0 Å². The maximum Gasteiger partial charge on any atom is 0.253 e.